The highest BCUT2D eigenvalue weighted by Gasteiger charge is 2.26. The molecule has 1 amide bonds. The van der Waals surface area contributed by atoms with Gasteiger partial charge in [-0.15, -0.1) is 0 Å². The van der Waals surface area contributed by atoms with Gasteiger partial charge in [0.05, 0.1) is 0 Å². The van der Waals surface area contributed by atoms with Crippen molar-refractivity contribution >= 4 is 11.6 Å². The molecule has 0 unspecified atom stereocenters. The Morgan fingerprint density at radius 3 is 2.60 bits per heavy atom. The minimum Gasteiger partial charge on any atom is -0.489 e. The fourth-order valence-corrected chi connectivity index (χ4v) is 3.42. The van der Waals surface area contributed by atoms with Crippen LogP contribution in [0.15, 0.2) is 78.9 Å². The van der Waals surface area contributed by atoms with Crippen molar-refractivity contribution in [3.8, 4) is 22.8 Å². The maximum Gasteiger partial charge on any atom is 0.274 e. The summed E-state index contributed by atoms with van der Waals surface area (Å²) in [6.45, 7) is 0.798. The number of fused-ring (bicyclic) bond motifs is 3. The monoisotopic (exact) mass is 397 g/mol. The molecule has 148 valence electrons. The summed E-state index contributed by atoms with van der Waals surface area (Å²) < 4.78 is 11.6. The zero-order valence-corrected chi connectivity index (χ0v) is 16.1. The highest BCUT2D eigenvalue weighted by molar-refractivity contribution is 6.05. The first-order valence-corrected chi connectivity index (χ1v) is 9.65. The standard InChI is InChI=1S/C24H19N3O3/c28-24(23-20-15-30-21-9-5-4-8-19(21)22(20)26-27-23)25-17-10-12-18(13-11-17)29-14-16-6-2-1-3-7-16/h1-13H,14-15H2,(H,25,28)(H,26,27). The van der Waals surface area contributed by atoms with E-state index in [2.05, 4.69) is 15.5 Å². The van der Waals surface area contributed by atoms with Crippen molar-refractivity contribution in [3.05, 3.63) is 95.7 Å². The molecule has 0 radical (unpaired) electrons. The van der Waals surface area contributed by atoms with E-state index in [1.165, 1.54) is 0 Å². The summed E-state index contributed by atoms with van der Waals surface area (Å²) in [5, 5.41) is 10.1. The first kappa shape index (κ1) is 18.0. The molecular weight excluding hydrogens is 378 g/mol. The predicted molar refractivity (Wildman–Crippen MR) is 114 cm³/mol. The molecule has 0 bridgehead atoms. The molecule has 0 saturated heterocycles. The lowest BCUT2D eigenvalue weighted by atomic mass is 10.0. The summed E-state index contributed by atoms with van der Waals surface area (Å²) in [5.41, 5.74) is 4.58. The number of rotatable bonds is 5. The van der Waals surface area contributed by atoms with Crippen LogP contribution in [0.4, 0.5) is 5.69 Å². The molecule has 6 heteroatoms. The molecule has 0 fully saturated rings. The summed E-state index contributed by atoms with van der Waals surface area (Å²) in [6.07, 6.45) is 0. The number of aromatic amines is 1. The van der Waals surface area contributed by atoms with E-state index in [0.29, 0.717) is 24.6 Å². The molecule has 6 nitrogen and oxygen atoms in total. The largest absolute Gasteiger partial charge is 0.489 e. The minimum absolute atomic E-state index is 0.260. The average molecular weight is 397 g/mol. The molecule has 3 aromatic carbocycles. The van der Waals surface area contributed by atoms with Crippen molar-refractivity contribution in [2.24, 2.45) is 0 Å². The Kier molecular flexibility index (Phi) is 4.65. The molecule has 30 heavy (non-hydrogen) atoms. The molecule has 5 rings (SSSR count). The second-order valence-corrected chi connectivity index (χ2v) is 6.96. The summed E-state index contributed by atoms with van der Waals surface area (Å²) >= 11 is 0. The van der Waals surface area contributed by atoms with E-state index in [1.54, 1.807) is 0 Å². The summed E-state index contributed by atoms with van der Waals surface area (Å²) in [6, 6.07) is 24.9. The van der Waals surface area contributed by atoms with E-state index in [0.717, 1.165) is 33.9 Å². The molecule has 1 aliphatic heterocycles. The number of aromatic nitrogens is 2. The van der Waals surface area contributed by atoms with Crippen molar-refractivity contribution < 1.29 is 14.3 Å². The molecule has 0 atom stereocenters. The Labute approximate surface area is 173 Å². The zero-order chi connectivity index (χ0) is 20.3. The lowest BCUT2D eigenvalue weighted by molar-refractivity contribution is 0.101. The normalized spacial score (nSPS) is 11.7. The van der Waals surface area contributed by atoms with Crippen molar-refractivity contribution in [1.29, 1.82) is 0 Å². The quantitative estimate of drug-likeness (QED) is 0.507. The molecule has 0 spiro atoms. The van der Waals surface area contributed by atoms with Gasteiger partial charge in [0.15, 0.2) is 0 Å². The van der Waals surface area contributed by atoms with Gasteiger partial charge in [-0.05, 0) is 42.0 Å². The Morgan fingerprint density at radius 1 is 1.00 bits per heavy atom. The van der Waals surface area contributed by atoms with Crippen molar-refractivity contribution in [2.75, 3.05) is 5.32 Å². The van der Waals surface area contributed by atoms with E-state index < -0.39 is 0 Å². The van der Waals surface area contributed by atoms with Gasteiger partial charge in [-0.2, -0.15) is 5.10 Å². The molecule has 0 aliphatic carbocycles. The number of benzene rings is 3. The topological polar surface area (TPSA) is 76.2 Å². The van der Waals surface area contributed by atoms with Crippen LogP contribution in [0.2, 0.25) is 0 Å². The number of nitrogens with one attached hydrogen (secondary N) is 2. The number of carbonyl (C=O) groups is 1. The Bertz CT molecular complexity index is 1180. The van der Waals surface area contributed by atoms with Crippen LogP contribution in [0.3, 0.4) is 0 Å². The Hall–Kier alpha value is -4.06. The fourth-order valence-electron chi connectivity index (χ4n) is 3.42. The van der Waals surface area contributed by atoms with Crippen LogP contribution >= 0.6 is 0 Å². The summed E-state index contributed by atoms with van der Waals surface area (Å²) in [4.78, 5) is 12.8. The highest BCUT2D eigenvalue weighted by atomic mass is 16.5. The van der Waals surface area contributed by atoms with Gasteiger partial charge in [0.25, 0.3) is 5.91 Å². The van der Waals surface area contributed by atoms with Crippen molar-refractivity contribution in [1.82, 2.24) is 10.2 Å². The van der Waals surface area contributed by atoms with E-state index in [4.69, 9.17) is 9.47 Å². The number of nitrogens with zero attached hydrogens (tertiary/aromatic N) is 1. The van der Waals surface area contributed by atoms with Crippen LogP contribution in [-0.2, 0) is 13.2 Å². The fraction of sp³-hybridized carbons (Fsp3) is 0.0833. The van der Waals surface area contributed by atoms with Crippen LogP contribution in [0.5, 0.6) is 11.5 Å². The Morgan fingerprint density at radius 2 is 1.77 bits per heavy atom. The second-order valence-electron chi connectivity index (χ2n) is 6.96. The van der Waals surface area contributed by atoms with Gasteiger partial charge < -0.3 is 14.8 Å². The number of ether oxygens (including phenoxy) is 2. The number of anilines is 1. The minimum atomic E-state index is -0.260. The van der Waals surface area contributed by atoms with Crippen LogP contribution < -0.4 is 14.8 Å². The molecule has 2 N–H and O–H groups in total. The number of hydrogen-bond acceptors (Lipinski definition) is 4. The van der Waals surface area contributed by atoms with E-state index in [9.17, 15) is 4.79 Å². The van der Waals surface area contributed by atoms with Crippen LogP contribution in [-0.4, -0.2) is 16.1 Å². The zero-order valence-electron chi connectivity index (χ0n) is 16.1. The molecule has 1 aliphatic rings. The predicted octanol–water partition coefficient (Wildman–Crippen LogP) is 4.80. The first-order chi connectivity index (χ1) is 14.8. The number of para-hydroxylation sites is 1. The number of H-pyrrole nitrogens is 1. The van der Waals surface area contributed by atoms with Gasteiger partial charge in [-0.3, -0.25) is 9.89 Å². The second kappa shape index (κ2) is 7.75. The number of amides is 1. The smallest absolute Gasteiger partial charge is 0.274 e. The number of carbonyl (C=O) groups excluding carboxylic acids is 1. The van der Waals surface area contributed by atoms with Crippen LogP contribution in [0, 0.1) is 0 Å². The number of hydrogen-bond donors (Lipinski definition) is 2. The SMILES string of the molecule is O=C(Nc1ccc(OCc2ccccc2)cc1)c1[nH]nc2c1COc1ccccc1-2. The van der Waals surface area contributed by atoms with Gasteiger partial charge in [-0.1, -0.05) is 42.5 Å². The van der Waals surface area contributed by atoms with Crippen molar-refractivity contribution in [2.45, 2.75) is 13.2 Å². The van der Waals surface area contributed by atoms with Gasteiger partial charge in [-0.25, -0.2) is 0 Å². The molecule has 1 aromatic heterocycles. The maximum atomic E-state index is 12.8. The molecular formula is C24H19N3O3. The third-order valence-electron chi connectivity index (χ3n) is 4.97. The maximum absolute atomic E-state index is 12.8. The first-order valence-electron chi connectivity index (χ1n) is 9.65. The van der Waals surface area contributed by atoms with Crippen LogP contribution in [0.1, 0.15) is 21.6 Å². The summed E-state index contributed by atoms with van der Waals surface area (Å²) in [5.74, 6) is 1.25. The molecule has 2 heterocycles. The van der Waals surface area contributed by atoms with E-state index in [1.807, 2.05) is 78.9 Å². The molecule has 0 saturated carbocycles. The van der Waals surface area contributed by atoms with Gasteiger partial charge in [0, 0.05) is 16.8 Å². The van der Waals surface area contributed by atoms with Crippen LogP contribution in [0.25, 0.3) is 11.3 Å². The third kappa shape index (κ3) is 3.51. The average Bonchev–Trinajstić information content (AvgIpc) is 3.24. The van der Waals surface area contributed by atoms with Gasteiger partial charge >= 0.3 is 0 Å². The van der Waals surface area contributed by atoms with E-state index in [-0.39, 0.29) is 5.91 Å². The lowest BCUT2D eigenvalue weighted by Crippen LogP contribution is -2.16. The molecule has 4 aromatic rings. The lowest BCUT2D eigenvalue weighted by Gasteiger charge is -2.17. The highest BCUT2D eigenvalue weighted by Crippen LogP contribution is 2.37. The summed E-state index contributed by atoms with van der Waals surface area (Å²) in [7, 11) is 0. The van der Waals surface area contributed by atoms with Gasteiger partial charge in [0.2, 0.25) is 0 Å². The Balaban J connectivity index is 1.27. The van der Waals surface area contributed by atoms with Crippen molar-refractivity contribution in [3.63, 3.8) is 0 Å². The van der Waals surface area contributed by atoms with E-state index >= 15 is 0 Å². The third-order valence-corrected chi connectivity index (χ3v) is 4.97. The van der Waals surface area contributed by atoms with Gasteiger partial charge in [0.1, 0.15) is 36.1 Å².